The molecule has 4 nitrogen and oxygen atoms in total. The van der Waals surface area contributed by atoms with Gasteiger partial charge in [-0.15, -0.1) is 11.3 Å². The Hall–Kier alpha value is -2.32. The number of nitrogens with zero attached hydrogens (tertiary/aromatic N) is 1. The van der Waals surface area contributed by atoms with E-state index in [4.69, 9.17) is 11.0 Å². The van der Waals surface area contributed by atoms with Gasteiger partial charge in [0.2, 0.25) is 5.91 Å². The molecule has 0 fully saturated rings. The molecule has 0 unspecified atom stereocenters. The standard InChI is InChI=1S/C15H15N3OS/c1-9-10(2)20-15(13(9)8-16)18-14(19)7-11-4-3-5-12(17)6-11/h3-6H,7,17H2,1-2H3,(H,18,19). The van der Waals surface area contributed by atoms with Gasteiger partial charge < -0.3 is 11.1 Å². The predicted octanol–water partition coefficient (Wildman–Crippen LogP) is 3.00. The Labute approximate surface area is 121 Å². The van der Waals surface area contributed by atoms with E-state index in [2.05, 4.69) is 11.4 Å². The molecule has 0 bridgehead atoms. The van der Waals surface area contributed by atoms with E-state index in [0.717, 1.165) is 16.0 Å². The van der Waals surface area contributed by atoms with Crippen LogP contribution >= 0.6 is 11.3 Å². The number of nitriles is 1. The Balaban J connectivity index is 2.13. The van der Waals surface area contributed by atoms with Crippen molar-refractivity contribution in [2.45, 2.75) is 20.3 Å². The van der Waals surface area contributed by atoms with Crippen LogP contribution in [0.4, 0.5) is 10.7 Å². The number of nitrogen functional groups attached to an aromatic ring is 1. The van der Waals surface area contributed by atoms with Crippen molar-refractivity contribution in [1.29, 1.82) is 5.26 Å². The first kappa shape index (κ1) is 14.1. The molecule has 0 saturated carbocycles. The molecule has 0 aliphatic rings. The molecule has 1 aromatic carbocycles. The summed E-state index contributed by atoms with van der Waals surface area (Å²) in [6, 6.07) is 9.36. The van der Waals surface area contributed by atoms with Crippen LogP contribution in [0.3, 0.4) is 0 Å². The molecule has 1 aromatic heterocycles. The number of hydrogen-bond acceptors (Lipinski definition) is 4. The zero-order valence-corrected chi connectivity index (χ0v) is 12.2. The molecule has 102 valence electrons. The van der Waals surface area contributed by atoms with E-state index in [1.54, 1.807) is 12.1 Å². The number of aryl methyl sites for hydroxylation is 1. The minimum atomic E-state index is -0.145. The molecule has 2 aromatic rings. The quantitative estimate of drug-likeness (QED) is 0.851. The number of carbonyl (C=O) groups is 1. The first-order valence-electron chi connectivity index (χ1n) is 6.15. The molecule has 0 aliphatic heterocycles. The second kappa shape index (κ2) is 5.76. The Morgan fingerprint density at radius 3 is 2.85 bits per heavy atom. The summed E-state index contributed by atoms with van der Waals surface area (Å²) in [4.78, 5) is 13.1. The van der Waals surface area contributed by atoms with Gasteiger partial charge in [0.05, 0.1) is 12.0 Å². The molecule has 0 saturated heterocycles. The highest BCUT2D eigenvalue weighted by molar-refractivity contribution is 7.16. The number of nitrogens with two attached hydrogens (primary N) is 1. The van der Waals surface area contributed by atoms with Gasteiger partial charge in [-0.1, -0.05) is 12.1 Å². The van der Waals surface area contributed by atoms with Crippen LogP contribution in [0.15, 0.2) is 24.3 Å². The number of hydrogen-bond donors (Lipinski definition) is 2. The third-order valence-electron chi connectivity index (χ3n) is 3.07. The number of benzene rings is 1. The van der Waals surface area contributed by atoms with Gasteiger partial charge in [0, 0.05) is 10.6 Å². The summed E-state index contributed by atoms with van der Waals surface area (Å²) in [5, 5.41) is 12.6. The van der Waals surface area contributed by atoms with Gasteiger partial charge in [-0.05, 0) is 37.1 Å². The number of amides is 1. The monoisotopic (exact) mass is 285 g/mol. The maximum absolute atomic E-state index is 12.0. The molecule has 3 N–H and O–H groups in total. The van der Waals surface area contributed by atoms with Gasteiger partial charge in [0.1, 0.15) is 11.1 Å². The normalized spacial score (nSPS) is 10.1. The molecule has 1 heterocycles. The number of anilines is 2. The first-order chi connectivity index (χ1) is 9.51. The lowest BCUT2D eigenvalue weighted by Crippen LogP contribution is -2.14. The van der Waals surface area contributed by atoms with Gasteiger partial charge in [0.15, 0.2) is 0 Å². The third-order valence-corrected chi connectivity index (χ3v) is 4.19. The summed E-state index contributed by atoms with van der Waals surface area (Å²) in [5.41, 5.74) is 8.65. The van der Waals surface area contributed by atoms with Gasteiger partial charge >= 0.3 is 0 Å². The number of thiophene rings is 1. The van der Waals surface area contributed by atoms with Gasteiger partial charge in [-0.3, -0.25) is 4.79 Å². The van der Waals surface area contributed by atoms with Crippen molar-refractivity contribution >= 4 is 27.9 Å². The van der Waals surface area contributed by atoms with Gasteiger partial charge in [-0.25, -0.2) is 0 Å². The molecule has 0 aliphatic carbocycles. The Morgan fingerprint density at radius 1 is 1.45 bits per heavy atom. The zero-order chi connectivity index (χ0) is 14.7. The van der Waals surface area contributed by atoms with Crippen molar-refractivity contribution in [3.05, 3.63) is 45.8 Å². The second-order valence-corrected chi connectivity index (χ2v) is 5.79. The fourth-order valence-electron chi connectivity index (χ4n) is 1.91. The minimum Gasteiger partial charge on any atom is -0.399 e. The molecule has 20 heavy (non-hydrogen) atoms. The lowest BCUT2D eigenvalue weighted by molar-refractivity contribution is -0.115. The summed E-state index contributed by atoms with van der Waals surface area (Å²) >= 11 is 1.43. The van der Waals surface area contributed by atoms with Crippen LogP contribution in [-0.4, -0.2) is 5.91 Å². The minimum absolute atomic E-state index is 0.145. The van der Waals surface area contributed by atoms with E-state index < -0.39 is 0 Å². The lowest BCUT2D eigenvalue weighted by Gasteiger charge is -2.04. The highest BCUT2D eigenvalue weighted by atomic mass is 32.1. The number of nitrogens with one attached hydrogen (secondary N) is 1. The second-order valence-electron chi connectivity index (χ2n) is 4.57. The van der Waals surface area contributed by atoms with E-state index in [1.807, 2.05) is 26.0 Å². The number of rotatable bonds is 3. The number of carbonyl (C=O) groups excluding carboxylic acids is 1. The predicted molar refractivity (Wildman–Crippen MR) is 81.7 cm³/mol. The van der Waals surface area contributed by atoms with Crippen molar-refractivity contribution in [2.24, 2.45) is 0 Å². The Kier molecular flexibility index (Phi) is 4.06. The van der Waals surface area contributed by atoms with Crippen LogP contribution in [-0.2, 0) is 11.2 Å². The molecular weight excluding hydrogens is 270 g/mol. The SMILES string of the molecule is Cc1sc(NC(=O)Cc2cccc(N)c2)c(C#N)c1C. The fourth-order valence-corrected chi connectivity index (χ4v) is 2.94. The molecule has 2 rings (SSSR count). The summed E-state index contributed by atoms with van der Waals surface area (Å²) in [6.07, 6.45) is 0.242. The van der Waals surface area contributed by atoms with E-state index >= 15 is 0 Å². The topological polar surface area (TPSA) is 78.9 Å². The molecule has 0 radical (unpaired) electrons. The highest BCUT2D eigenvalue weighted by Gasteiger charge is 2.14. The summed E-state index contributed by atoms with van der Waals surface area (Å²) in [6.45, 7) is 3.83. The highest BCUT2D eigenvalue weighted by Crippen LogP contribution is 2.31. The van der Waals surface area contributed by atoms with Crippen molar-refractivity contribution in [2.75, 3.05) is 11.1 Å². The maximum Gasteiger partial charge on any atom is 0.229 e. The summed E-state index contributed by atoms with van der Waals surface area (Å²) in [7, 11) is 0. The van der Waals surface area contributed by atoms with Crippen LogP contribution in [0, 0.1) is 25.2 Å². The average molecular weight is 285 g/mol. The maximum atomic E-state index is 12.0. The molecule has 1 amide bonds. The fraction of sp³-hybridized carbons (Fsp3) is 0.200. The van der Waals surface area contributed by atoms with Crippen molar-refractivity contribution in [1.82, 2.24) is 0 Å². The zero-order valence-electron chi connectivity index (χ0n) is 11.4. The van der Waals surface area contributed by atoms with Crippen LogP contribution < -0.4 is 11.1 Å². The van der Waals surface area contributed by atoms with E-state index in [-0.39, 0.29) is 12.3 Å². The van der Waals surface area contributed by atoms with Crippen molar-refractivity contribution < 1.29 is 4.79 Å². The Morgan fingerprint density at radius 2 is 2.20 bits per heavy atom. The van der Waals surface area contributed by atoms with Crippen LogP contribution in [0.25, 0.3) is 0 Å². The van der Waals surface area contributed by atoms with Crippen molar-refractivity contribution in [3.8, 4) is 6.07 Å². The van der Waals surface area contributed by atoms with E-state index in [9.17, 15) is 4.79 Å². The lowest BCUT2D eigenvalue weighted by atomic mass is 10.1. The van der Waals surface area contributed by atoms with Gasteiger partial charge in [0.25, 0.3) is 0 Å². The van der Waals surface area contributed by atoms with Crippen LogP contribution in [0.5, 0.6) is 0 Å². The van der Waals surface area contributed by atoms with Crippen LogP contribution in [0.1, 0.15) is 21.6 Å². The average Bonchev–Trinajstić information content (AvgIpc) is 2.64. The first-order valence-corrected chi connectivity index (χ1v) is 6.97. The molecule has 0 atom stereocenters. The molecule has 0 spiro atoms. The van der Waals surface area contributed by atoms with Crippen molar-refractivity contribution in [3.63, 3.8) is 0 Å². The summed E-state index contributed by atoms with van der Waals surface area (Å²) in [5.74, 6) is -0.145. The molecular formula is C15H15N3OS. The molecule has 5 heteroatoms. The van der Waals surface area contributed by atoms with Gasteiger partial charge in [-0.2, -0.15) is 5.26 Å². The summed E-state index contributed by atoms with van der Waals surface area (Å²) < 4.78 is 0. The van der Waals surface area contributed by atoms with Crippen LogP contribution in [0.2, 0.25) is 0 Å². The largest absolute Gasteiger partial charge is 0.399 e. The third kappa shape index (κ3) is 2.98. The van der Waals surface area contributed by atoms with E-state index in [1.165, 1.54) is 11.3 Å². The smallest absolute Gasteiger partial charge is 0.229 e. The van der Waals surface area contributed by atoms with E-state index in [0.29, 0.717) is 16.3 Å². The Bertz CT molecular complexity index is 698.